The summed E-state index contributed by atoms with van der Waals surface area (Å²) in [5, 5.41) is 29.6. The van der Waals surface area contributed by atoms with Gasteiger partial charge in [0.1, 0.15) is 11.9 Å². The lowest BCUT2D eigenvalue weighted by Gasteiger charge is -2.25. The largest absolute Gasteiger partial charge is 0.493 e. The van der Waals surface area contributed by atoms with Crippen LogP contribution in [0, 0.1) is 0 Å². The third-order valence-electron chi connectivity index (χ3n) is 5.38. The van der Waals surface area contributed by atoms with E-state index in [0.717, 1.165) is 36.2 Å². The van der Waals surface area contributed by atoms with Crippen molar-refractivity contribution in [3.63, 3.8) is 0 Å². The highest BCUT2D eigenvalue weighted by atomic mass is 19.4. The molecular formula is C25H29F3N2O11. The van der Waals surface area contributed by atoms with Crippen molar-refractivity contribution in [3.05, 3.63) is 53.1 Å². The first kappa shape index (κ1) is 34.5. The predicted molar refractivity (Wildman–Crippen MR) is 134 cm³/mol. The van der Waals surface area contributed by atoms with E-state index in [1.54, 1.807) is 14.2 Å². The minimum absolute atomic E-state index is 0.373. The zero-order chi connectivity index (χ0) is 31.3. The summed E-state index contributed by atoms with van der Waals surface area (Å²) in [6.45, 7) is 2.58. The highest BCUT2D eigenvalue weighted by Crippen LogP contribution is 2.37. The summed E-state index contributed by atoms with van der Waals surface area (Å²) in [7, 11) is 3.14. The highest BCUT2D eigenvalue weighted by Gasteiger charge is 2.31. The standard InChI is InChI=1S/C21H25F3N2O3.2C2H2O4/c1-27-18-11-14-7-9-26(10-8-25)13-20(17(14)12-19(18)28-2)29-16-5-3-15(4-6-16)21(22,23)24;2*3-1(4)2(5)6/h3-6,11-12,20H,7-10,13,25H2,1-2H3;2*(H,3,4)(H,5,6). The first-order valence-corrected chi connectivity index (χ1v) is 11.6. The van der Waals surface area contributed by atoms with Gasteiger partial charge in [-0.2, -0.15) is 13.2 Å². The summed E-state index contributed by atoms with van der Waals surface area (Å²) < 4.78 is 55.5. The Labute approximate surface area is 231 Å². The number of nitrogens with two attached hydrogens (primary N) is 1. The van der Waals surface area contributed by atoms with Crippen LogP contribution in [0.4, 0.5) is 13.2 Å². The van der Waals surface area contributed by atoms with Crippen LogP contribution in [0.1, 0.15) is 22.8 Å². The Morgan fingerprint density at radius 2 is 1.39 bits per heavy atom. The minimum Gasteiger partial charge on any atom is -0.493 e. The number of fused-ring (bicyclic) bond motifs is 1. The van der Waals surface area contributed by atoms with Gasteiger partial charge in [0.2, 0.25) is 0 Å². The van der Waals surface area contributed by atoms with Gasteiger partial charge in [0.15, 0.2) is 11.5 Å². The van der Waals surface area contributed by atoms with Gasteiger partial charge in [-0.25, -0.2) is 19.2 Å². The van der Waals surface area contributed by atoms with E-state index in [1.165, 1.54) is 12.1 Å². The van der Waals surface area contributed by atoms with E-state index < -0.39 is 35.6 Å². The van der Waals surface area contributed by atoms with Crippen molar-refractivity contribution in [2.45, 2.75) is 18.7 Å². The number of ether oxygens (including phenoxy) is 3. The van der Waals surface area contributed by atoms with Crippen molar-refractivity contribution < 1.29 is 67.0 Å². The lowest BCUT2D eigenvalue weighted by Crippen LogP contribution is -2.34. The molecule has 0 saturated carbocycles. The number of halogens is 3. The predicted octanol–water partition coefficient (Wildman–Crippen LogP) is 1.97. The first-order chi connectivity index (χ1) is 19.1. The van der Waals surface area contributed by atoms with Crippen LogP contribution in [0.2, 0.25) is 0 Å². The number of hydrogen-bond acceptors (Lipinski definition) is 9. The fourth-order valence-corrected chi connectivity index (χ4v) is 3.53. The van der Waals surface area contributed by atoms with Crippen LogP contribution >= 0.6 is 0 Å². The zero-order valence-electron chi connectivity index (χ0n) is 21.9. The quantitative estimate of drug-likeness (QED) is 0.306. The maximum Gasteiger partial charge on any atom is 0.416 e. The molecule has 2 aromatic rings. The SMILES string of the molecule is COc1cc2c(cc1OC)C(Oc1ccc(C(F)(F)F)cc1)CN(CCN)CC2.O=C(O)C(=O)O.O=C(O)C(=O)O. The number of carboxylic acid groups (broad SMARTS) is 4. The van der Waals surface area contributed by atoms with Crippen molar-refractivity contribution in [3.8, 4) is 17.2 Å². The molecule has 0 amide bonds. The molecule has 1 unspecified atom stereocenters. The van der Waals surface area contributed by atoms with E-state index in [-0.39, 0.29) is 6.10 Å². The van der Waals surface area contributed by atoms with Gasteiger partial charge >= 0.3 is 30.1 Å². The van der Waals surface area contributed by atoms with Gasteiger partial charge in [-0.15, -0.1) is 0 Å². The van der Waals surface area contributed by atoms with Crippen LogP contribution in [0.5, 0.6) is 17.2 Å². The Kier molecular flexibility index (Phi) is 13.3. The molecule has 2 aromatic carbocycles. The maximum absolute atomic E-state index is 12.8. The van der Waals surface area contributed by atoms with Crippen LogP contribution in [-0.2, 0) is 31.8 Å². The van der Waals surface area contributed by atoms with E-state index in [0.29, 0.717) is 36.9 Å². The van der Waals surface area contributed by atoms with Crippen molar-refractivity contribution in [1.82, 2.24) is 4.90 Å². The van der Waals surface area contributed by atoms with Gasteiger partial charge < -0.3 is 40.4 Å². The zero-order valence-corrected chi connectivity index (χ0v) is 21.9. The molecule has 3 rings (SSSR count). The summed E-state index contributed by atoms with van der Waals surface area (Å²) >= 11 is 0. The summed E-state index contributed by atoms with van der Waals surface area (Å²) in [6, 6.07) is 8.57. The fraction of sp³-hybridized carbons (Fsp3) is 0.360. The molecule has 1 heterocycles. The number of nitrogens with zero attached hydrogens (tertiary/aromatic N) is 1. The molecule has 0 saturated heterocycles. The van der Waals surface area contributed by atoms with Crippen molar-refractivity contribution >= 4 is 23.9 Å². The lowest BCUT2D eigenvalue weighted by molar-refractivity contribution is -0.159. The normalized spacial score (nSPS) is 14.4. The first-order valence-electron chi connectivity index (χ1n) is 11.6. The van der Waals surface area contributed by atoms with Gasteiger partial charge in [-0.3, -0.25) is 4.90 Å². The summed E-state index contributed by atoms with van der Waals surface area (Å²) in [6.07, 6.45) is -3.98. The van der Waals surface area contributed by atoms with E-state index in [2.05, 4.69) is 4.90 Å². The second-order valence-corrected chi connectivity index (χ2v) is 8.09. The second-order valence-electron chi connectivity index (χ2n) is 8.09. The molecule has 41 heavy (non-hydrogen) atoms. The summed E-state index contributed by atoms with van der Waals surface area (Å²) in [4.78, 5) is 38.6. The van der Waals surface area contributed by atoms with Gasteiger partial charge in [0.25, 0.3) is 0 Å². The van der Waals surface area contributed by atoms with Crippen LogP contribution < -0.4 is 19.9 Å². The molecule has 226 valence electrons. The lowest BCUT2D eigenvalue weighted by atomic mass is 10.00. The molecule has 0 aromatic heterocycles. The van der Waals surface area contributed by atoms with Crippen molar-refractivity contribution in [1.29, 1.82) is 0 Å². The molecular weight excluding hydrogens is 561 g/mol. The molecule has 16 heteroatoms. The number of benzene rings is 2. The topological polar surface area (TPSA) is 206 Å². The number of alkyl halides is 3. The van der Waals surface area contributed by atoms with Crippen LogP contribution in [0.15, 0.2) is 36.4 Å². The molecule has 1 aliphatic heterocycles. The summed E-state index contributed by atoms with van der Waals surface area (Å²) in [5.41, 5.74) is 7.01. The van der Waals surface area contributed by atoms with E-state index in [4.69, 9.17) is 59.5 Å². The Bertz CT molecular complexity index is 1160. The molecule has 1 aliphatic rings. The van der Waals surface area contributed by atoms with Gasteiger partial charge in [-0.05, 0) is 48.4 Å². The number of methoxy groups -OCH3 is 2. The third kappa shape index (κ3) is 11.2. The molecule has 0 radical (unpaired) electrons. The monoisotopic (exact) mass is 590 g/mol. The Balaban J connectivity index is 0.000000588. The molecule has 6 N–H and O–H groups in total. The Hall–Kier alpha value is -4.57. The highest BCUT2D eigenvalue weighted by molar-refractivity contribution is 6.27. The van der Waals surface area contributed by atoms with Crippen LogP contribution in [0.25, 0.3) is 0 Å². The number of carbonyl (C=O) groups is 4. The minimum atomic E-state index is -4.38. The van der Waals surface area contributed by atoms with Gasteiger partial charge in [0.05, 0.1) is 19.8 Å². The van der Waals surface area contributed by atoms with Crippen molar-refractivity contribution in [2.24, 2.45) is 5.73 Å². The third-order valence-corrected chi connectivity index (χ3v) is 5.38. The molecule has 0 bridgehead atoms. The average Bonchev–Trinajstić information content (AvgIpc) is 3.07. The maximum atomic E-state index is 12.8. The molecule has 0 spiro atoms. The molecule has 0 fully saturated rings. The Morgan fingerprint density at radius 1 is 0.902 bits per heavy atom. The second kappa shape index (κ2) is 15.9. The Morgan fingerprint density at radius 3 is 1.80 bits per heavy atom. The van der Waals surface area contributed by atoms with Crippen LogP contribution in [0.3, 0.4) is 0 Å². The van der Waals surface area contributed by atoms with Crippen LogP contribution in [-0.4, -0.2) is 89.6 Å². The number of aliphatic carboxylic acids is 4. The van der Waals surface area contributed by atoms with E-state index >= 15 is 0 Å². The molecule has 1 atom stereocenters. The van der Waals surface area contributed by atoms with Crippen molar-refractivity contribution in [2.75, 3.05) is 40.4 Å². The molecule has 0 aliphatic carbocycles. The van der Waals surface area contributed by atoms with Gasteiger partial charge in [0, 0.05) is 31.7 Å². The van der Waals surface area contributed by atoms with E-state index in [1.807, 2.05) is 12.1 Å². The number of hydrogen-bond donors (Lipinski definition) is 5. The average molecular weight is 591 g/mol. The number of carboxylic acids is 4. The smallest absolute Gasteiger partial charge is 0.416 e. The van der Waals surface area contributed by atoms with Gasteiger partial charge in [-0.1, -0.05) is 0 Å². The van der Waals surface area contributed by atoms with E-state index in [9.17, 15) is 13.2 Å². The number of rotatable bonds is 6. The summed E-state index contributed by atoms with van der Waals surface area (Å²) in [5.74, 6) is -5.71. The molecule has 13 nitrogen and oxygen atoms in total. The fourth-order valence-electron chi connectivity index (χ4n) is 3.53.